The van der Waals surface area contributed by atoms with Gasteiger partial charge >= 0.3 is 11.9 Å². The van der Waals surface area contributed by atoms with Crippen molar-refractivity contribution in [2.24, 2.45) is 0 Å². The van der Waals surface area contributed by atoms with E-state index in [0.717, 1.165) is 49.8 Å². The molecule has 194 valence electrons. The molecule has 36 heavy (non-hydrogen) atoms. The Kier molecular flexibility index (Phi) is 10.8. The number of esters is 2. The zero-order chi connectivity index (χ0) is 25.8. The molecule has 1 fully saturated rings. The maximum Gasteiger partial charge on any atom is 0.338 e. The summed E-state index contributed by atoms with van der Waals surface area (Å²) in [4.78, 5) is 24.6. The highest BCUT2D eigenvalue weighted by Crippen LogP contribution is 2.25. The molecule has 2 aromatic carbocycles. The van der Waals surface area contributed by atoms with Crippen LogP contribution in [0.25, 0.3) is 6.08 Å². The second kappa shape index (κ2) is 14.3. The van der Waals surface area contributed by atoms with E-state index >= 15 is 0 Å². The maximum absolute atomic E-state index is 12.5. The number of carbonyl (C=O) groups is 2. The Morgan fingerprint density at radius 2 is 1.58 bits per heavy atom. The van der Waals surface area contributed by atoms with Gasteiger partial charge in [-0.15, -0.1) is 0 Å². The molecule has 0 bridgehead atoms. The van der Waals surface area contributed by atoms with Crippen LogP contribution >= 0.6 is 0 Å². The van der Waals surface area contributed by atoms with Crippen LogP contribution in [0.3, 0.4) is 0 Å². The van der Waals surface area contributed by atoms with Crippen molar-refractivity contribution in [1.29, 1.82) is 0 Å². The van der Waals surface area contributed by atoms with Gasteiger partial charge in [-0.05, 0) is 79.6 Å². The van der Waals surface area contributed by atoms with E-state index in [1.807, 2.05) is 0 Å². The summed E-state index contributed by atoms with van der Waals surface area (Å²) in [6, 6.07) is 12.0. The average molecular weight is 495 g/mol. The van der Waals surface area contributed by atoms with Crippen molar-refractivity contribution in [3.63, 3.8) is 0 Å². The number of hydrogen-bond acceptors (Lipinski definition) is 7. The van der Waals surface area contributed by atoms with E-state index in [0.29, 0.717) is 16.9 Å². The summed E-state index contributed by atoms with van der Waals surface area (Å²) in [6.07, 6.45) is 11.5. The molecule has 3 rings (SSSR count). The molecule has 0 aliphatic heterocycles. The van der Waals surface area contributed by atoms with Crippen molar-refractivity contribution in [3.05, 3.63) is 65.2 Å². The molecule has 0 saturated heterocycles. The number of nitrogen functional groups attached to an aromatic ring is 2. The van der Waals surface area contributed by atoms with E-state index in [4.69, 9.17) is 25.7 Å². The van der Waals surface area contributed by atoms with Gasteiger partial charge < -0.3 is 25.7 Å². The number of rotatable bonds is 12. The molecular weight excluding hydrogens is 456 g/mol. The fourth-order valence-corrected chi connectivity index (χ4v) is 4.24. The van der Waals surface area contributed by atoms with Gasteiger partial charge in [-0.3, -0.25) is 0 Å². The molecule has 1 saturated carbocycles. The van der Waals surface area contributed by atoms with Gasteiger partial charge in [0.1, 0.15) is 12.7 Å². The number of unbranched alkanes of at least 4 members (excludes halogenated alkanes) is 3. The molecule has 7 heteroatoms. The van der Waals surface area contributed by atoms with E-state index in [1.54, 1.807) is 48.5 Å². The first kappa shape index (κ1) is 27.3. The normalized spacial score (nSPS) is 17.7. The lowest BCUT2D eigenvalue weighted by molar-refractivity contribution is -0.138. The number of nitrogens with two attached hydrogens (primary N) is 2. The van der Waals surface area contributed by atoms with E-state index < -0.39 is 5.97 Å². The molecule has 0 amide bonds. The lowest BCUT2D eigenvalue weighted by atomic mass is 9.95. The molecular formula is C29H38N2O5. The van der Waals surface area contributed by atoms with Gasteiger partial charge in [0.2, 0.25) is 0 Å². The van der Waals surface area contributed by atoms with Crippen LogP contribution in [-0.2, 0) is 25.6 Å². The standard InChI is InChI=1S/C29H38N2O5/c1-2-3-4-5-16-34-26-11-13-27(14-12-26)36-29(33)23-9-6-21(7-10-23)8-15-28(32)35-20-22-17-24(30)19-25(31)18-22/h6-10,15,17-19,26-27H,2-5,11-14,16,20,30-31H2,1H3/b15-8+. The number of hydrogen-bond donors (Lipinski definition) is 2. The fraction of sp³-hybridized carbons (Fsp3) is 0.448. The fourth-order valence-electron chi connectivity index (χ4n) is 4.24. The molecule has 0 atom stereocenters. The van der Waals surface area contributed by atoms with Gasteiger partial charge in [0, 0.05) is 24.1 Å². The van der Waals surface area contributed by atoms with Crippen LogP contribution in [0.5, 0.6) is 0 Å². The zero-order valence-corrected chi connectivity index (χ0v) is 21.1. The zero-order valence-electron chi connectivity index (χ0n) is 21.1. The summed E-state index contributed by atoms with van der Waals surface area (Å²) >= 11 is 0. The van der Waals surface area contributed by atoms with Crippen LogP contribution in [0.1, 0.15) is 79.8 Å². The minimum absolute atomic E-state index is 0.0675. The average Bonchev–Trinajstić information content (AvgIpc) is 2.87. The minimum Gasteiger partial charge on any atom is -0.459 e. The Morgan fingerprint density at radius 3 is 2.25 bits per heavy atom. The first-order chi connectivity index (χ1) is 17.4. The SMILES string of the molecule is CCCCCCOC1CCC(OC(=O)c2ccc(/C=C/C(=O)OCc3cc(N)cc(N)c3)cc2)CC1. The highest BCUT2D eigenvalue weighted by molar-refractivity contribution is 5.90. The van der Waals surface area contributed by atoms with Gasteiger partial charge in [0.25, 0.3) is 0 Å². The van der Waals surface area contributed by atoms with Gasteiger partial charge in [0.15, 0.2) is 0 Å². The van der Waals surface area contributed by atoms with E-state index in [2.05, 4.69) is 6.92 Å². The lowest BCUT2D eigenvalue weighted by Gasteiger charge is -2.28. The number of carbonyl (C=O) groups excluding carboxylic acids is 2. The third-order valence-electron chi connectivity index (χ3n) is 6.22. The summed E-state index contributed by atoms with van der Waals surface area (Å²) in [6.45, 7) is 3.11. The second-order valence-corrected chi connectivity index (χ2v) is 9.31. The molecule has 0 aromatic heterocycles. The molecule has 0 unspecified atom stereocenters. The predicted molar refractivity (Wildman–Crippen MR) is 142 cm³/mol. The maximum atomic E-state index is 12.5. The van der Waals surface area contributed by atoms with E-state index in [-0.39, 0.29) is 24.8 Å². The van der Waals surface area contributed by atoms with Gasteiger partial charge in [-0.2, -0.15) is 0 Å². The van der Waals surface area contributed by atoms with Crippen molar-refractivity contribution in [2.45, 2.75) is 77.1 Å². The molecule has 1 aliphatic rings. The first-order valence-corrected chi connectivity index (χ1v) is 12.9. The van der Waals surface area contributed by atoms with Crippen LogP contribution < -0.4 is 11.5 Å². The summed E-state index contributed by atoms with van der Waals surface area (Å²) < 4.78 is 16.9. The molecule has 0 heterocycles. The molecule has 2 aromatic rings. The highest BCUT2D eigenvalue weighted by atomic mass is 16.5. The lowest BCUT2D eigenvalue weighted by Crippen LogP contribution is -2.28. The molecule has 4 N–H and O–H groups in total. The van der Waals surface area contributed by atoms with Crippen molar-refractivity contribution in [2.75, 3.05) is 18.1 Å². The topological polar surface area (TPSA) is 114 Å². The van der Waals surface area contributed by atoms with Crippen LogP contribution in [0.15, 0.2) is 48.5 Å². The Labute approximate surface area is 213 Å². The quantitative estimate of drug-likeness (QED) is 0.169. The Morgan fingerprint density at radius 1 is 0.917 bits per heavy atom. The molecule has 0 spiro atoms. The Bertz CT molecular complexity index is 991. The van der Waals surface area contributed by atoms with E-state index in [9.17, 15) is 9.59 Å². The molecule has 0 radical (unpaired) electrons. The number of ether oxygens (including phenoxy) is 3. The van der Waals surface area contributed by atoms with E-state index in [1.165, 1.54) is 25.3 Å². The largest absolute Gasteiger partial charge is 0.459 e. The molecule has 1 aliphatic carbocycles. The third-order valence-corrected chi connectivity index (χ3v) is 6.22. The van der Waals surface area contributed by atoms with Crippen molar-refractivity contribution in [3.8, 4) is 0 Å². The third kappa shape index (κ3) is 9.38. The van der Waals surface area contributed by atoms with Gasteiger partial charge in [-0.25, -0.2) is 9.59 Å². The Hall–Kier alpha value is -3.32. The van der Waals surface area contributed by atoms with Crippen LogP contribution in [-0.4, -0.2) is 30.8 Å². The minimum atomic E-state index is -0.486. The smallest absolute Gasteiger partial charge is 0.338 e. The summed E-state index contributed by atoms with van der Waals surface area (Å²) in [5.41, 5.74) is 14.5. The second-order valence-electron chi connectivity index (χ2n) is 9.31. The van der Waals surface area contributed by atoms with Gasteiger partial charge in [0.05, 0.1) is 11.7 Å². The van der Waals surface area contributed by atoms with Gasteiger partial charge in [-0.1, -0.05) is 38.3 Å². The summed E-state index contributed by atoms with van der Waals surface area (Å²) in [5, 5.41) is 0. The Balaban J connectivity index is 1.38. The number of anilines is 2. The van der Waals surface area contributed by atoms with Crippen molar-refractivity contribution < 1.29 is 23.8 Å². The van der Waals surface area contributed by atoms with Crippen LogP contribution in [0, 0.1) is 0 Å². The highest BCUT2D eigenvalue weighted by Gasteiger charge is 2.24. The molecule has 7 nitrogen and oxygen atoms in total. The van der Waals surface area contributed by atoms with Crippen molar-refractivity contribution >= 4 is 29.4 Å². The predicted octanol–water partition coefficient (Wildman–Crippen LogP) is 5.67. The van der Waals surface area contributed by atoms with Crippen LogP contribution in [0.2, 0.25) is 0 Å². The first-order valence-electron chi connectivity index (χ1n) is 12.9. The summed E-state index contributed by atoms with van der Waals surface area (Å²) in [7, 11) is 0. The monoisotopic (exact) mass is 494 g/mol. The van der Waals surface area contributed by atoms with Crippen molar-refractivity contribution in [1.82, 2.24) is 0 Å². The number of benzene rings is 2. The summed E-state index contributed by atoms with van der Waals surface area (Å²) in [5.74, 6) is -0.810. The van der Waals surface area contributed by atoms with Crippen LogP contribution in [0.4, 0.5) is 11.4 Å².